The molecule has 0 spiro atoms. The van der Waals surface area contributed by atoms with E-state index in [4.69, 9.17) is 0 Å². The molecule has 100 valence electrons. The zero-order chi connectivity index (χ0) is 12.8. The van der Waals surface area contributed by atoms with Gasteiger partial charge in [0.2, 0.25) is 0 Å². The van der Waals surface area contributed by atoms with Crippen molar-refractivity contribution in [2.24, 2.45) is 5.92 Å². The Labute approximate surface area is 111 Å². The number of piperidine rings is 1. The molecular formula is C16H26N2. The first-order valence-corrected chi connectivity index (χ1v) is 7.19. The van der Waals surface area contributed by atoms with Crippen molar-refractivity contribution in [1.82, 2.24) is 10.2 Å². The van der Waals surface area contributed by atoms with E-state index < -0.39 is 0 Å². The Bertz CT molecular complexity index is 356. The average Bonchev–Trinajstić information content (AvgIpc) is 2.38. The third kappa shape index (κ3) is 4.43. The highest BCUT2D eigenvalue weighted by molar-refractivity contribution is 5.21. The smallest absolute Gasteiger partial charge is 0.0230 e. The average molecular weight is 246 g/mol. The molecule has 1 aromatic carbocycles. The molecule has 1 aliphatic rings. The molecule has 2 nitrogen and oxygen atoms in total. The molecule has 1 fully saturated rings. The lowest BCUT2D eigenvalue weighted by Crippen LogP contribution is -2.32. The van der Waals surface area contributed by atoms with Crippen molar-refractivity contribution in [3.05, 3.63) is 35.4 Å². The second-order valence-electron chi connectivity index (χ2n) is 5.73. The molecule has 0 saturated carbocycles. The molecule has 0 radical (unpaired) electrons. The van der Waals surface area contributed by atoms with Crippen molar-refractivity contribution in [3.8, 4) is 0 Å². The summed E-state index contributed by atoms with van der Waals surface area (Å²) in [7, 11) is 2.23. The van der Waals surface area contributed by atoms with Gasteiger partial charge < -0.3 is 10.2 Å². The summed E-state index contributed by atoms with van der Waals surface area (Å²) in [6, 6.07) is 8.84. The first kappa shape index (κ1) is 13.6. The summed E-state index contributed by atoms with van der Waals surface area (Å²) in [5.41, 5.74) is 2.79. The summed E-state index contributed by atoms with van der Waals surface area (Å²) in [5.74, 6) is 0.888. The van der Waals surface area contributed by atoms with Crippen molar-refractivity contribution in [1.29, 1.82) is 0 Å². The second-order valence-corrected chi connectivity index (χ2v) is 5.73. The SMILES string of the molecule is Cc1cccc(CN(C)CCC2CCCNC2)c1. The van der Waals surface area contributed by atoms with Gasteiger partial charge in [-0.15, -0.1) is 0 Å². The van der Waals surface area contributed by atoms with Gasteiger partial charge in [-0.3, -0.25) is 0 Å². The Hall–Kier alpha value is -0.860. The lowest BCUT2D eigenvalue weighted by Gasteiger charge is -2.25. The minimum absolute atomic E-state index is 0.888. The standard InChI is InChI=1S/C16H26N2/c1-14-5-3-6-16(11-14)13-18(2)10-8-15-7-4-9-17-12-15/h3,5-6,11,15,17H,4,7-10,12-13H2,1-2H3. The third-order valence-corrected chi connectivity index (χ3v) is 3.85. The maximum Gasteiger partial charge on any atom is 0.0230 e. The first-order valence-electron chi connectivity index (χ1n) is 7.19. The Morgan fingerprint density at radius 3 is 3.00 bits per heavy atom. The van der Waals surface area contributed by atoms with Gasteiger partial charge in [0.1, 0.15) is 0 Å². The predicted molar refractivity (Wildman–Crippen MR) is 77.7 cm³/mol. The minimum Gasteiger partial charge on any atom is -0.316 e. The van der Waals surface area contributed by atoms with Gasteiger partial charge in [-0.25, -0.2) is 0 Å². The van der Waals surface area contributed by atoms with Crippen LogP contribution >= 0.6 is 0 Å². The van der Waals surface area contributed by atoms with Gasteiger partial charge in [0.05, 0.1) is 0 Å². The predicted octanol–water partition coefficient (Wildman–Crippen LogP) is 2.82. The van der Waals surface area contributed by atoms with Crippen LogP contribution in [0.4, 0.5) is 0 Å². The fourth-order valence-electron chi connectivity index (χ4n) is 2.77. The number of rotatable bonds is 5. The number of hydrogen-bond donors (Lipinski definition) is 1. The number of benzene rings is 1. The molecule has 1 aromatic rings. The molecule has 1 saturated heterocycles. The molecule has 1 N–H and O–H groups in total. The number of nitrogens with zero attached hydrogens (tertiary/aromatic N) is 1. The maximum atomic E-state index is 3.50. The van der Waals surface area contributed by atoms with E-state index in [0.29, 0.717) is 0 Å². The van der Waals surface area contributed by atoms with E-state index in [1.165, 1.54) is 50.0 Å². The number of hydrogen-bond acceptors (Lipinski definition) is 2. The van der Waals surface area contributed by atoms with E-state index in [2.05, 4.69) is 48.5 Å². The van der Waals surface area contributed by atoms with Gasteiger partial charge in [-0.05, 0) is 64.3 Å². The van der Waals surface area contributed by atoms with Crippen LogP contribution in [0.1, 0.15) is 30.4 Å². The molecule has 0 aromatic heterocycles. The van der Waals surface area contributed by atoms with Gasteiger partial charge in [0.25, 0.3) is 0 Å². The van der Waals surface area contributed by atoms with Crippen LogP contribution in [0.2, 0.25) is 0 Å². The van der Waals surface area contributed by atoms with Crippen LogP contribution in [-0.2, 0) is 6.54 Å². The van der Waals surface area contributed by atoms with E-state index in [9.17, 15) is 0 Å². The molecular weight excluding hydrogens is 220 g/mol. The van der Waals surface area contributed by atoms with Crippen molar-refractivity contribution >= 4 is 0 Å². The summed E-state index contributed by atoms with van der Waals surface area (Å²) >= 11 is 0. The van der Waals surface area contributed by atoms with Gasteiger partial charge in [0.15, 0.2) is 0 Å². The number of aryl methyl sites for hydroxylation is 1. The Morgan fingerprint density at radius 2 is 2.28 bits per heavy atom. The summed E-state index contributed by atoms with van der Waals surface area (Å²) < 4.78 is 0. The lowest BCUT2D eigenvalue weighted by molar-refractivity contribution is 0.268. The Morgan fingerprint density at radius 1 is 1.39 bits per heavy atom. The quantitative estimate of drug-likeness (QED) is 0.859. The Kier molecular flexibility index (Phi) is 5.21. The molecule has 18 heavy (non-hydrogen) atoms. The largest absolute Gasteiger partial charge is 0.316 e. The molecule has 0 bridgehead atoms. The van der Waals surface area contributed by atoms with Crippen molar-refractivity contribution in [2.75, 3.05) is 26.7 Å². The van der Waals surface area contributed by atoms with Crippen LogP contribution in [0.25, 0.3) is 0 Å². The van der Waals surface area contributed by atoms with Crippen LogP contribution in [0.3, 0.4) is 0 Å². The van der Waals surface area contributed by atoms with Crippen LogP contribution in [0.15, 0.2) is 24.3 Å². The van der Waals surface area contributed by atoms with Crippen molar-refractivity contribution in [2.45, 2.75) is 32.7 Å². The summed E-state index contributed by atoms with van der Waals surface area (Å²) in [6.45, 7) is 6.88. The molecule has 2 heteroatoms. The summed E-state index contributed by atoms with van der Waals surface area (Å²) in [5, 5.41) is 3.50. The fraction of sp³-hybridized carbons (Fsp3) is 0.625. The zero-order valence-electron chi connectivity index (χ0n) is 11.8. The van der Waals surface area contributed by atoms with Crippen LogP contribution < -0.4 is 5.32 Å². The normalized spacial score (nSPS) is 20.3. The molecule has 2 rings (SSSR count). The van der Waals surface area contributed by atoms with Gasteiger partial charge in [-0.2, -0.15) is 0 Å². The molecule has 1 heterocycles. The van der Waals surface area contributed by atoms with Crippen LogP contribution in [-0.4, -0.2) is 31.6 Å². The van der Waals surface area contributed by atoms with Crippen LogP contribution in [0, 0.1) is 12.8 Å². The van der Waals surface area contributed by atoms with Gasteiger partial charge in [0, 0.05) is 6.54 Å². The maximum absolute atomic E-state index is 3.50. The molecule has 1 atom stereocenters. The van der Waals surface area contributed by atoms with Gasteiger partial charge in [-0.1, -0.05) is 29.8 Å². The van der Waals surface area contributed by atoms with Crippen LogP contribution in [0.5, 0.6) is 0 Å². The van der Waals surface area contributed by atoms with E-state index >= 15 is 0 Å². The number of nitrogens with one attached hydrogen (secondary N) is 1. The first-order chi connectivity index (χ1) is 8.74. The highest BCUT2D eigenvalue weighted by atomic mass is 15.1. The van der Waals surface area contributed by atoms with E-state index in [0.717, 1.165) is 12.5 Å². The highest BCUT2D eigenvalue weighted by Crippen LogP contribution is 2.15. The van der Waals surface area contributed by atoms with Gasteiger partial charge >= 0.3 is 0 Å². The monoisotopic (exact) mass is 246 g/mol. The topological polar surface area (TPSA) is 15.3 Å². The molecule has 0 aliphatic carbocycles. The van der Waals surface area contributed by atoms with E-state index in [1.54, 1.807) is 0 Å². The summed E-state index contributed by atoms with van der Waals surface area (Å²) in [6.07, 6.45) is 4.09. The van der Waals surface area contributed by atoms with Crippen molar-refractivity contribution in [3.63, 3.8) is 0 Å². The highest BCUT2D eigenvalue weighted by Gasteiger charge is 2.13. The van der Waals surface area contributed by atoms with E-state index in [-0.39, 0.29) is 0 Å². The zero-order valence-corrected chi connectivity index (χ0v) is 11.8. The van der Waals surface area contributed by atoms with Crippen molar-refractivity contribution < 1.29 is 0 Å². The minimum atomic E-state index is 0.888. The Balaban J connectivity index is 1.72. The molecule has 1 unspecified atom stereocenters. The molecule has 1 aliphatic heterocycles. The second kappa shape index (κ2) is 6.91. The molecule has 0 amide bonds. The third-order valence-electron chi connectivity index (χ3n) is 3.85. The lowest BCUT2D eigenvalue weighted by atomic mass is 9.96. The van der Waals surface area contributed by atoms with E-state index in [1.807, 2.05) is 0 Å². The summed E-state index contributed by atoms with van der Waals surface area (Å²) in [4.78, 5) is 2.45. The fourth-order valence-corrected chi connectivity index (χ4v) is 2.77.